The smallest absolute Gasteiger partial charge is 0.252 e. The summed E-state index contributed by atoms with van der Waals surface area (Å²) in [7, 11) is 0. The van der Waals surface area contributed by atoms with Crippen LogP contribution in [0.1, 0.15) is 41.0 Å². The van der Waals surface area contributed by atoms with Crippen molar-refractivity contribution in [3.05, 3.63) is 59.8 Å². The molecule has 0 aliphatic heterocycles. The molecule has 3 aromatic rings. The molecule has 24 heavy (non-hydrogen) atoms. The van der Waals surface area contributed by atoms with Crippen LogP contribution in [-0.2, 0) is 0 Å². The molecule has 1 aromatic carbocycles. The third kappa shape index (κ3) is 3.30. The van der Waals surface area contributed by atoms with E-state index in [9.17, 15) is 4.79 Å². The topological polar surface area (TPSA) is 59.8 Å². The molecule has 124 valence electrons. The highest BCUT2D eigenvalue weighted by atomic mass is 16.1. The number of benzene rings is 1. The number of fused-ring (bicyclic) bond motifs is 1. The Morgan fingerprint density at radius 1 is 1.33 bits per heavy atom. The molecule has 2 heterocycles. The number of rotatable bonds is 5. The Kier molecular flexibility index (Phi) is 4.60. The highest BCUT2D eigenvalue weighted by molar-refractivity contribution is 6.06. The van der Waals surface area contributed by atoms with E-state index in [2.05, 4.69) is 22.2 Å². The molecule has 0 bridgehead atoms. The van der Waals surface area contributed by atoms with Gasteiger partial charge in [-0.1, -0.05) is 18.2 Å². The number of hydrogen-bond acceptors (Lipinski definition) is 3. The number of aromatic nitrogens is 3. The first-order chi connectivity index (χ1) is 11.6. The van der Waals surface area contributed by atoms with Gasteiger partial charge in [-0.25, -0.2) is 4.98 Å². The second kappa shape index (κ2) is 6.83. The zero-order valence-corrected chi connectivity index (χ0v) is 14.3. The minimum Gasteiger partial charge on any atom is -0.352 e. The van der Waals surface area contributed by atoms with Crippen LogP contribution in [0, 0.1) is 13.8 Å². The molecule has 5 nitrogen and oxygen atoms in total. The average molecular weight is 322 g/mol. The lowest BCUT2D eigenvalue weighted by Gasteiger charge is -2.14. The highest BCUT2D eigenvalue weighted by Crippen LogP contribution is 2.21. The fourth-order valence-corrected chi connectivity index (χ4v) is 2.88. The molecule has 0 aliphatic carbocycles. The third-order valence-corrected chi connectivity index (χ3v) is 4.30. The van der Waals surface area contributed by atoms with Crippen molar-refractivity contribution in [2.24, 2.45) is 0 Å². The minimum absolute atomic E-state index is 0.0473. The van der Waals surface area contributed by atoms with Crippen molar-refractivity contribution in [3.63, 3.8) is 0 Å². The Bertz CT molecular complexity index is 855. The first kappa shape index (κ1) is 16.2. The van der Waals surface area contributed by atoms with Crippen LogP contribution in [0.2, 0.25) is 0 Å². The Labute approximate surface area is 141 Å². The predicted octanol–water partition coefficient (Wildman–Crippen LogP) is 3.43. The molecular formula is C19H22N4O. The highest BCUT2D eigenvalue weighted by Gasteiger charge is 2.13. The summed E-state index contributed by atoms with van der Waals surface area (Å²) in [5.74, 6) is -0.0473. The number of aryl methyl sites for hydroxylation is 2. The van der Waals surface area contributed by atoms with Crippen molar-refractivity contribution in [1.29, 1.82) is 0 Å². The Morgan fingerprint density at radius 2 is 2.17 bits per heavy atom. The van der Waals surface area contributed by atoms with Crippen molar-refractivity contribution in [1.82, 2.24) is 19.9 Å². The van der Waals surface area contributed by atoms with Crippen molar-refractivity contribution in [3.8, 4) is 0 Å². The fraction of sp³-hybridized carbons (Fsp3) is 0.316. The molecule has 0 aliphatic rings. The monoisotopic (exact) mass is 322 g/mol. The average Bonchev–Trinajstić information content (AvgIpc) is 3.09. The van der Waals surface area contributed by atoms with E-state index in [1.165, 1.54) is 0 Å². The van der Waals surface area contributed by atoms with E-state index in [4.69, 9.17) is 0 Å². The van der Waals surface area contributed by atoms with Crippen molar-refractivity contribution in [2.45, 2.75) is 33.2 Å². The van der Waals surface area contributed by atoms with E-state index in [0.29, 0.717) is 18.2 Å². The molecule has 0 saturated carbocycles. The number of carbonyl (C=O) groups is 1. The van der Waals surface area contributed by atoms with Crippen LogP contribution in [0.15, 0.2) is 43.0 Å². The summed E-state index contributed by atoms with van der Waals surface area (Å²) < 4.78 is 2.04. The van der Waals surface area contributed by atoms with Gasteiger partial charge in [-0.2, -0.15) is 0 Å². The van der Waals surface area contributed by atoms with Gasteiger partial charge in [-0.15, -0.1) is 0 Å². The van der Waals surface area contributed by atoms with Gasteiger partial charge in [0.1, 0.15) is 0 Å². The SMILES string of the molecule is Cc1cc(C(=O)NCC[C@@H](C)n2ccnc2)c2cccc(C)c2n1. The first-order valence-corrected chi connectivity index (χ1v) is 8.19. The number of nitrogens with one attached hydrogen (secondary N) is 1. The summed E-state index contributed by atoms with van der Waals surface area (Å²) >= 11 is 0. The van der Waals surface area contributed by atoms with Gasteiger partial charge >= 0.3 is 0 Å². The van der Waals surface area contributed by atoms with Gasteiger partial charge in [0.25, 0.3) is 5.91 Å². The van der Waals surface area contributed by atoms with Gasteiger partial charge in [-0.05, 0) is 38.8 Å². The maximum absolute atomic E-state index is 12.6. The fourth-order valence-electron chi connectivity index (χ4n) is 2.88. The molecule has 1 atom stereocenters. The van der Waals surface area contributed by atoms with Crippen LogP contribution in [0.4, 0.5) is 0 Å². The van der Waals surface area contributed by atoms with Crippen LogP contribution in [0.3, 0.4) is 0 Å². The molecule has 1 amide bonds. The van der Waals surface area contributed by atoms with E-state index >= 15 is 0 Å². The standard InChI is InChI=1S/C19H22N4O/c1-13-5-4-6-16-17(11-14(2)22-18(13)16)19(24)21-8-7-15(3)23-10-9-20-12-23/h4-6,9-12,15H,7-8H2,1-3H3,(H,21,24)/t15-/m1/s1. The van der Waals surface area contributed by atoms with Gasteiger partial charge in [0, 0.05) is 36.1 Å². The third-order valence-electron chi connectivity index (χ3n) is 4.30. The van der Waals surface area contributed by atoms with E-state index < -0.39 is 0 Å². The minimum atomic E-state index is -0.0473. The molecular weight excluding hydrogens is 300 g/mol. The number of carbonyl (C=O) groups excluding carboxylic acids is 1. The van der Waals surface area contributed by atoms with E-state index in [1.54, 1.807) is 12.5 Å². The molecule has 0 spiro atoms. The lowest BCUT2D eigenvalue weighted by atomic mass is 10.0. The summed E-state index contributed by atoms with van der Waals surface area (Å²) in [5, 5.41) is 3.93. The molecule has 3 rings (SSSR count). The van der Waals surface area contributed by atoms with Gasteiger partial charge in [0.05, 0.1) is 17.4 Å². The molecule has 5 heteroatoms. The molecule has 0 radical (unpaired) electrons. The van der Waals surface area contributed by atoms with Crippen LogP contribution in [0.5, 0.6) is 0 Å². The van der Waals surface area contributed by atoms with E-state index in [-0.39, 0.29) is 5.91 Å². The Hall–Kier alpha value is -2.69. The first-order valence-electron chi connectivity index (χ1n) is 8.19. The largest absolute Gasteiger partial charge is 0.352 e. The zero-order chi connectivity index (χ0) is 17.1. The normalized spacial score (nSPS) is 12.3. The molecule has 2 aromatic heterocycles. The number of pyridine rings is 1. The second-order valence-corrected chi connectivity index (χ2v) is 6.19. The van der Waals surface area contributed by atoms with Crippen LogP contribution in [-0.4, -0.2) is 27.0 Å². The second-order valence-electron chi connectivity index (χ2n) is 6.19. The van der Waals surface area contributed by atoms with Gasteiger partial charge in [0.2, 0.25) is 0 Å². The van der Waals surface area contributed by atoms with Crippen molar-refractivity contribution in [2.75, 3.05) is 6.54 Å². The van der Waals surface area contributed by atoms with Crippen LogP contribution < -0.4 is 5.32 Å². The lowest BCUT2D eigenvalue weighted by Crippen LogP contribution is -2.26. The van der Waals surface area contributed by atoms with Crippen molar-refractivity contribution >= 4 is 16.8 Å². The maximum atomic E-state index is 12.6. The Balaban J connectivity index is 1.73. The summed E-state index contributed by atoms with van der Waals surface area (Å²) in [6.45, 7) is 6.67. The summed E-state index contributed by atoms with van der Waals surface area (Å²) in [6.07, 6.45) is 6.36. The summed E-state index contributed by atoms with van der Waals surface area (Å²) in [5.41, 5.74) is 3.53. The van der Waals surface area contributed by atoms with Gasteiger partial charge in [-0.3, -0.25) is 9.78 Å². The molecule has 0 saturated heterocycles. The predicted molar refractivity (Wildman–Crippen MR) is 95.1 cm³/mol. The molecule has 0 fully saturated rings. The summed E-state index contributed by atoms with van der Waals surface area (Å²) in [4.78, 5) is 21.3. The van der Waals surface area contributed by atoms with Crippen LogP contribution >= 0.6 is 0 Å². The number of para-hydroxylation sites is 1. The molecule has 0 unspecified atom stereocenters. The van der Waals surface area contributed by atoms with E-state index in [0.717, 1.165) is 28.6 Å². The number of imidazole rings is 1. The maximum Gasteiger partial charge on any atom is 0.252 e. The lowest BCUT2D eigenvalue weighted by molar-refractivity contribution is 0.0953. The number of nitrogens with zero attached hydrogens (tertiary/aromatic N) is 3. The number of hydrogen-bond donors (Lipinski definition) is 1. The van der Waals surface area contributed by atoms with Gasteiger partial charge < -0.3 is 9.88 Å². The van der Waals surface area contributed by atoms with Crippen molar-refractivity contribution < 1.29 is 4.79 Å². The quantitative estimate of drug-likeness (QED) is 0.783. The summed E-state index contributed by atoms with van der Waals surface area (Å²) in [6, 6.07) is 8.09. The van der Waals surface area contributed by atoms with Crippen LogP contribution in [0.25, 0.3) is 10.9 Å². The van der Waals surface area contributed by atoms with E-state index in [1.807, 2.05) is 48.9 Å². The number of amides is 1. The molecule has 1 N–H and O–H groups in total. The zero-order valence-electron chi connectivity index (χ0n) is 14.3. The Morgan fingerprint density at radius 3 is 2.92 bits per heavy atom. The van der Waals surface area contributed by atoms with Gasteiger partial charge in [0.15, 0.2) is 0 Å².